The maximum absolute atomic E-state index is 15.2. The van der Waals surface area contributed by atoms with Gasteiger partial charge in [-0.3, -0.25) is 19.1 Å². The van der Waals surface area contributed by atoms with Crippen molar-refractivity contribution in [2.45, 2.75) is 19.3 Å². The molecular formula is C30H22FN5O. The molecule has 0 fully saturated rings. The summed E-state index contributed by atoms with van der Waals surface area (Å²) in [6.45, 7) is 3.33. The molecule has 7 heteroatoms. The van der Waals surface area contributed by atoms with Gasteiger partial charge in [0, 0.05) is 35.1 Å². The first-order chi connectivity index (χ1) is 17.8. The number of pyridine rings is 2. The van der Waals surface area contributed by atoms with Gasteiger partial charge in [0.05, 0.1) is 45.4 Å². The summed E-state index contributed by atoms with van der Waals surface area (Å²) < 4.78 is 18.2. The Morgan fingerprint density at radius 3 is 2.49 bits per heavy atom. The van der Waals surface area contributed by atoms with E-state index in [1.807, 2.05) is 48.7 Å². The molecule has 0 aliphatic carbocycles. The number of para-hydroxylation sites is 1. The second-order valence-electron chi connectivity index (χ2n) is 9.72. The van der Waals surface area contributed by atoms with Crippen molar-refractivity contribution in [3.8, 4) is 22.9 Å². The van der Waals surface area contributed by atoms with Crippen molar-refractivity contribution < 1.29 is 4.39 Å². The topological polar surface area (TPSA) is 76.5 Å². The van der Waals surface area contributed by atoms with Crippen LogP contribution in [0, 0.1) is 17.1 Å². The number of nitriles is 1. The SMILES string of the molecule is Cn1c(=O)n(-c2ccc(C(C)(C)C#N)c(F)c2)c2c3cc(-c4cnc5ccccc5c4)ccc3ncc21. The van der Waals surface area contributed by atoms with Crippen LogP contribution in [-0.4, -0.2) is 19.1 Å². The molecule has 0 saturated heterocycles. The summed E-state index contributed by atoms with van der Waals surface area (Å²) in [6.07, 6.45) is 3.50. The summed E-state index contributed by atoms with van der Waals surface area (Å²) in [6, 6.07) is 22.6. The second-order valence-corrected chi connectivity index (χ2v) is 9.72. The molecule has 0 atom stereocenters. The largest absolute Gasteiger partial charge is 0.333 e. The predicted molar refractivity (Wildman–Crippen MR) is 143 cm³/mol. The molecule has 6 aromatic rings. The Balaban J connectivity index is 1.61. The molecule has 0 aliphatic rings. The first-order valence-electron chi connectivity index (χ1n) is 11.9. The Morgan fingerprint density at radius 1 is 0.919 bits per heavy atom. The molecule has 0 radical (unpaired) electrons. The second kappa shape index (κ2) is 8.10. The van der Waals surface area contributed by atoms with Crippen molar-refractivity contribution >= 4 is 32.8 Å². The molecule has 0 spiro atoms. The molecule has 0 saturated carbocycles. The van der Waals surface area contributed by atoms with E-state index in [4.69, 9.17) is 0 Å². The first-order valence-corrected chi connectivity index (χ1v) is 11.9. The van der Waals surface area contributed by atoms with Crippen LogP contribution in [0.25, 0.3) is 49.7 Å². The fraction of sp³-hybridized carbons (Fsp3) is 0.133. The molecule has 0 N–H and O–H groups in total. The molecule has 0 aliphatic heterocycles. The van der Waals surface area contributed by atoms with Crippen molar-refractivity contribution in [3.63, 3.8) is 0 Å². The maximum atomic E-state index is 15.2. The Labute approximate surface area is 211 Å². The number of imidazole rings is 1. The molecule has 6 nitrogen and oxygen atoms in total. The minimum Gasteiger partial charge on any atom is -0.293 e. The monoisotopic (exact) mass is 487 g/mol. The van der Waals surface area contributed by atoms with Gasteiger partial charge in [-0.05, 0) is 55.8 Å². The summed E-state index contributed by atoms with van der Waals surface area (Å²) in [5.41, 5.74) is 4.13. The Bertz CT molecular complexity index is 1980. The van der Waals surface area contributed by atoms with E-state index in [2.05, 4.69) is 22.1 Å². The van der Waals surface area contributed by atoms with Gasteiger partial charge in [-0.25, -0.2) is 9.18 Å². The van der Waals surface area contributed by atoms with Crippen LogP contribution >= 0.6 is 0 Å². The quantitative estimate of drug-likeness (QED) is 0.305. The minimum atomic E-state index is -0.994. The number of fused-ring (bicyclic) bond motifs is 4. The molecule has 37 heavy (non-hydrogen) atoms. The zero-order chi connectivity index (χ0) is 25.9. The molecule has 3 aromatic carbocycles. The summed E-state index contributed by atoms with van der Waals surface area (Å²) in [5.74, 6) is -0.533. The van der Waals surface area contributed by atoms with Crippen molar-refractivity contribution in [2.24, 2.45) is 7.05 Å². The van der Waals surface area contributed by atoms with Crippen LogP contribution in [0.15, 0.2) is 83.9 Å². The van der Waals surface area contributed by atoms with Crippen LogP contribution in [0.3, 0.4) is 0 Å². The van der Waals surface area contributed by atoms with E-state index in [0.717, 1.165) is 27.4 Å². The van der Waals surface area contributed by atoms with Crippen LogP contribution in [0.4, 0.5) is 4.39 Å². The molecular weight excluding hydrogens is 465 g/mol. The molecule has 3 aromatic heterocycles. The highest BCUT2D eigenvalue weighted by atomic mass is 19.1. The Morgan fingerprint density at radius 2 is 1.70 bits per heavy atom. The lowest BCUT2D eigenvalue weighted by molar-refractivity contribution is 0.564. The zero-order valence-electron chi connectivity index (χ0n) is 20.5. The van der Waals surface area contributed by atoms with E-state index >= 15 is 4.39 Å². The molecule has 0 amide bonds. The van der Waals surface area contributed by atoms with Gasteiger partial charge in [0.15, 0.2) is 0 Å². The van der Waals surface area contributed by atoms with Crippen LogP contribution < -0.4 is 5.69 Å². The number of benzene rings is 3. The highest BCUT2D eigenvalue weighted by Crippen LogP contribution is 2.32. The molecule has 180 valence electrons. The average Bonchev–Trinajstić information content (AvgIpc) is 3.17. The number of hydrogen-bond acceptors (Lipinski definition) is 4. The first kappa shape index (κ1) is 22.6. The number of nitrogens with zero attached hydrogens (tertiary/aromatic N) is 5. The molecule has 6 rings (SSSR count). The zero-order valence-corrected chi connectivity index (χ0v) is 20.5. The van der Waals surface area contributed by atoms with Gasteiger partial charge in [-0.15, -0.1) is 0 Å². The van der Waals surface area contributed by atoms with Gasteiger partial charge in [-0.1, -0.05) is 30.3 Å². The fourth-order valence-corrected chi connectivity index (χ4v) is 4.86. The van der Waals surface area contributed by atoms with Gasteiger partial charge in [0.1, 0.15) is 5.82 Å². The van der Waals surface area contributed by atoms with E-state index in [1.165, 1.54) is 15.2 Å². The minimum absolute atomic E-state index is 0.282. The standard InChI is InChI=1S/C30H22FN5O/c1-30(2,17-32)23-10-9-21(14-24(23)31)36-28-22-13-18(20-12-19-6-4-5-7-25(19)33-15-20)8-11-26(22)34-16-27(28)35(3)29(36)37/h4-16H,1-3H3. The fourth-order valence-electron chi connectivity index (χ4n) is 4.86. The Hall–Kier alpha value is -4.83. The van der Waals surface area contributed by atoms with Crippen molar-refractivity contribution in [1.82, 2.24) is 19.1 Å². The van der Waals surface area contributed by atoms with Crippen LogP contribution in [0.2, 0.25) is 0 Å². The van der Waals surface area contributed by atoms with E-state index in [-0.39, 0.29) is 11.3 Å². The third kappa shape index (κ3) is 3.49. The summed E-state index contributed by atoms with van der Waals surface area (Å²) >= 11 is 0. The lowest BCUT2D eigenvalue weighted by Gasteiger charge is -2.17. The third-order valence-electron chi connectivity index (χ3n) is 6.97. The average molecular weight is 488 g/mol. The van der Waals surface area contributed by atoms with E-state index in [0.29, 0.717) is 22.2 Å². The van der Waals surface area contributed by atoms with Crippen molar-refractivity contribution in [1.29, 1.82) is 5.26 Å². The summed E-state index contributed by atoms with van der Waals surface area (Å²) in [4.78, 5) is 22.6. The van der Waals surface area contributed by atoms with Gasteiger partial charge in [0.25, 0.3) is 0 Å². The lowest BCUT2D eigenvalue weighted by Crippen LogP contribution is -2.22. The third-order valence-corrected chi connectivity index (χ3v) is 6.97. The van der Waals surface area contributed by atoms with Crippen LogP contribution in [0.5, 0.6) is 0 Å². The van der Waals surface area contributed by atoms with Gasteiger partial charge < -0.3 is 0 Å². The van der Waals surface area contributed by atoms with Crippen molar-refractivity contribution in [2.75, 3.05) is 0 Å². The van der Waals surface area contributed by atoms with Crippen LogP contribution in [-0.2, 0) is 12.5 Å². The summed E-state index contributed by atoms with van der Waals surface area (Å²) in [7, 11) is 1.68. The van der Waals surface area contributed by atoms with E-state index in [9.17, 15) is 10.1 Å². The van der Waals surface area contributed by atoms with Crippen LogP contribution in [0.1, 0.15) is 19.4 Å². The highest BCUT2D eigenvalue weighted by molar-refractivity contribution is 6.04. The number of aryl methyl sites for hydroxylation is 1. The summed E-state index contributed by atoms with van der Waals surface area (Å²) in [5, 5.41) is 11.3. The van der Waals surface area contributed by atoms with Gasteiger partial charge >= 0.3 is 5.69 Å². The highest BCUT2D eigenvalue weighted by Gasteiger charge is 2.25. The maximum Gasteiger partial charge on any atom is 0.333 e. The normalized spacial score (nSPS) is 11.9. The number of halogens is 1. The number of hydrogen-bond donors (Lipinski definition) is 0. The number of rotatable bonds is 3. The van der Waals surface area contributed by atoms with Gasteiger partial charge in [0.2, 0.25) is 0 Å². The van der Waals surface area contributed by atoms with Gasteiger partial charge in [-0.2, -0.15) is 5.26 Å². The smallest absolute Gasteiger partial charge is 0.293 e. The number of aromatic nitrogens is 4. The molecule has 3 heterocycles. The van der Waals surface area contributed by atoms with E-state index < -0.39 is 11.2 Å². The predicted octanol–water partition coefficient (Wildman–Crippen LogP) is 6.03. The van der Waals surface area contributed by atoms with Crippen molar-refractivity contribution in [3.05, 3.63) is 101 Å². The molecule has 0 unspecified atom stereocenters. The Kier molecular flexibility index (Phi) is 4.95. The molecule has 0 bridgehead atoms. The van der Waals surface area contributed by atoms with E-state index in [1.54, 1.807) is 39.2 Å². The lowest BCUT2D eigenvalue weighted by atomic mass is 9.86.